The van der Waals surface area contributed by atoms with Crippen molar-refractivity contribution in [2.75, 3.05) is 0 Å². The van der Waals surface area contributed by atoms with Gasteiger partial charge >= 0.3 is 37.7 Å². The Morgan fingerprint density at radius 3 is 0.833 bits per heavy atom. The van der Waals surface area contributed by atoms with Gasteiger partial charge in [0.25, 0.3) is 0 Å². The molecule has 0 heterocycles. The van der Waals surface area contributed by atoms with Gasteiger partial charge in [-0.1, -0.05) is 0 Å². The Labute approximate surface area is 92.7 Å². The number of hydrogen-bond donors (Lipinski definition) is 0. The second kappa shape index (κ2) is 47.6. The van der Waals surface area contributed by atoms with Gasteiger partial charge in [0.2, 0.25) is 0 Å². The van der Waals surface area contributed by atoms with Gasteiger partial charge in [0, 0.05) is 33.3 Å². The van der Waals surface area contributed by atoms with Gasteiger partial charge in [-0.2, -0.15) is 0 Å². The molecule has 37 valence electrons. The van der Waals surface area contributed by atoms with Gasteiger partial charge in [0.05, 0.1) is 0 Å². The molecule has 0 atom stereocenters. The molecule has 0 saturated heterocycles. The van der Waals surface area contributed by atoms with E-state index in [2.05, 4.69) is 0 Å². The Bertz CT molecular complexity index is 13.5. The van der Waals surface area contributed by atoms with Crippen LogP contribution in [0.15, 0.2) is 0 Å². The van der Waals surface area contributed by atoms with Gasteiger partial charge in [-0.25, -0.2) is 0 Å². The second-order valence-corrected chi connectivity index (χ2v) is 0. The summed E-state index contributed by atoms with van der Waals surface area (Å²) in [5.41, 5.74) is 0. The Morgan fingerprint density at radius 2 is 0.833 bits per heavy atom. The zero-order valence-corrected chi connectivity index (χ0v) is 3.18. The molecule has 6 heavy (non-hydrogen) atoms. The molecule has 1 radical (unpaired) electrons. The smallest absolute Gasteiger partial charge is 0 e. The van der Waals surface area contributed by atoms with Crippen LogP contribution in [0.25, 0.3) is 0 Å². The summed E-state index contributed by atoms with van der Waals surface area (Å²) in [5.74, 6) is 0. The van der Waals surface area contributed by atoms with Crippen LogP contribution in [0.5, 0.6) is 0 Å². The summed E-state index contributed by atoms with van der Waals surface area (Å²) in [6.07, 6.45) is 0. The molecule has 0 spiro atoms. The molecule has 0 aromatic carbocycles. The Kier molecular flexibility index (Phi) is 564. The molecule has 0 unspecified atom stereocenters. The predicted octanol–water partition coefficient (Wildman–Crippen LogP) is -3.31. The van der Waals surface area contributed by atoms with Crippen molar-refractivity contribution in [3.8, 4) is 0 Å². The maximum Gasteiger partial charge on any atom is 0 e. The van der Waals surface area contributed by atoms with Crippen LogP contribution in [0.4, 0.5) is 0 Å². The normalized spacial score (nSPS) is 0. The topological polar surface area (TPSA) is 31.5 Å². The van der Waals surface area contributed by atoms with Crippen LogP contribution in [0.3, 0.4) is 0 Å². The van der Waals surface area contributed by atoms with E-state index in [1.165, 1.54) is 0 Å². The van der Waals surface area contributed by atoms with Crippen molar-refractivity contribution in [1.29, 1.82) is 0 Å². The van der Waals surface area contributed by atoms with Crippen LogP contribution >= 0.6 is 0 Å². The summed E-state index contributed by atoms with van der Waals surface area (Å²) in [4.78, 5) is 0. The molecule has 0 aromatic heterocycles. The van der Waals surface area contributed by atoms with E-state index in [1.54, 1.807) is 0 Å². The molecular formula is H7AlCoLi2NiO. The molecule has 0 aliphatic rings. The van der Waals surface area contributed by atoms with Crippen LogP contribution < -0.4 is 0 Å². The minimum atomic E-state index is 0. The van der Waals surface area contributed by atoms with E-state index in [-0.39, 0.29) is 93.8 Å². The minimum Gasteiger partial charge on any atom is 0 e. The summed E-state index contributed by atoms with van der Waals surface area (Å²) in [7, 11) is 0. The Hall–Kier alpha value is 2.69. The summed E-state index contributed by atoms with van der Waals surface area (Å²) in [6.45, 7) is 0. The summed E-state index contributed by atoms with van der Waals surface area (Å²) >= 11 is 0. The zero-order chi connectivity index (χ0) is 0. The molecule has 0 aromatic rings. The van der Waals surface area contributed by atoms with E-state index >= 15 is 0 Å². The van der Waals surface area contributed by atoms with Crippen molar-refractivity contribution < 1.29 is 38.7 Å². The monoisotopic (exact) mass is 181 g/mol. The molecule has 0 rings (SSSR count). The molecule has 0 saturated carbocycles. The van der Waals surface area contributed by atoms with E-state index in [9.17, 15) is 0 Å². The van der Waals surface area contributed by atoms with E-state index < -0.39 is 0 Å². The van der Waals surface area contributed by atoms with Crippen molar-refractivity contribution in [1.82, 2.24) is 0 Å². The van der Waals surface area contributed by atoms with Crippen molar-refractivity contribution in [3.63, 3.8) is 0 Å². The molecule has 1 nitrogen and oxygen atoms in total. The van der Waals surface area contributed by atoms with E-state index in [4.69, 9.17) is 0 Å². The maximum atomic E-state index is 0. The number of rotatable bonds is 0. The molecule has 0 amide bonds. The first-order valence-electron chi connectivity index (χ1n) is 0. The first kappa shape index (κ1) is 71.1. The minimum absolute atomic E-state index is 0. The Balaban J connectivity index is 0. The average Bonchev–Trinajstić information content (AvgIpc) is 0. The number of hydrogen-bond acceptors (Lipinski definition) is 0. The molecule has 6 heteroatoms. The maximum absolute atomic E-state index is 0. The van der Waals surface area contributed by atoms with Gasteiger partial charge in [0.1, 0.15) is 0 Å². The molecule has 2 N–H and O–H groups in total. The first-order chi connectivity index (χ1) is 0. The van der Waals surface area contributed by atoms with Crippen LogP contribution in [-0.4, -0.2) is 60.6 Å². The van der Waals surface area contributed by atoms with Gasteiger partial charge in [-0.05, 0) is 0 Å². The average molecular weight is 182 g/mol. The molecule has 0 fully saturated rings. The van der Waals surface area contributed by atoms with E-state index in [0.29, 0.717) is 0 Å². The van der Waals surface area contributed by atoms with Crippen LogP contribution in [0, 0.1) is 0 Å². The largest absolute Gasteiger partial charge is 0 e. The van der Waals surface area contributed by atoms with Crippen molar-refractivity contribution >= 4 is 55.1 Å². The second-order valence-electron chi connectivity index (χ2n) is 0. The van der Waals surface area contributed by atoms with Crippen LogP contribution in [0.1, 0.15) is 0 Å². The molecule has 0 aliphatic heterocycles. The third-order valence-electron chi connectivity index (χ3n) is 0. The third-order valence-corrected chi connectivity index (χ3v) is 0. The van der Waals surface area contributed by atoms with Gasteiger partial charge in [-0.3, -0.25) is 0 Å². The van der Waals surface area contributed by atoms with Crippen molar-refractivity contribution in [2.45, 2.75) is 0 Å². The predicted molar refractivity (Wildman–Crippen MR) is 27.9 cm³/mol. The molecule has 0 bridgehead atoms. The van der Waals surface area contributed by atoms with Gasteiger partial charge in [0.15, 0.2) is 17.4 Å². The van der Waals surface area contributed by atoms with Gasteiger partial charge < -0.3 is 5.48 Å². The van der Waals surface area contributed by atoms with Crippen molar-refractivity contribution in [3.05, 3.63) is 0 Å². The van der Waals surface area contributed by atoms with Gasteiger partial charge in [-0.15, -0.1) is 0 Å². The van der Waals surface area contributed by atoms with E-state index in [0.717, 1.165) is 0 Å². The summed E-state index contributed by atoms with van der Waals surface area (Å²) in [5, 5.41) is 0. The third kappa shape index (κ3) is 30.0. The summed E-state index contributed by atoms with van der Waals surface area (Å²) < 4.78 is 0. The summed E-state index contributed by atoms with van der Waals surface area (Å²) in [6, 6.07) is 0. The molecule has 0 aliphatic carbocycles. The SMILES string of the molecule is O.[AlH3].[Co].[LiH].[LiH].[Ni]. The molecular weight excluding hydrogens is 174 g/mol. The first-order valence-corrected chi connectivity index (χ1v) is 0. The fourth-order valence-corrected chi connectivity index (χ4v) is 0. The fraction of sp³-hybridized carbons (Fsp3) is 0. The fourth-order valence-electron chi connectivity index (χ4n) is 0. The standard InChI is InChI=1S/Al.Co.2Li.Ni.H2O.5H/h;;;;;1H2;;;;;. The van der Waals surface area contributed by atoms with Crippen LogP contribution in [-0.2, 0) is 33.3 Å². The van der Waals surface area contributed by atoms with Crippen LogP contribution in [0.2, 0.25) is 0 Å². The Morgan fingerprint density at radius 1 is 0.833 bits per heavy atom. The van der Waals surface area contributed by atoms with Crippen molar-refractivity contribution in [2.24, 2.45) is 0 Å². The zero-order valence-electron chi connectivity index (χ0n) is 1.15. The van der Waals surface area contributed by atoms with E-state index in [1.807, 2.05) is 0 Å². The quantitative estimate of drug-likeness (QED) is 0.351.